The van der Waals surface area contributed by atoms with E-state index >= 15 is 0 Å². The predicted octanol–water partition coefficient (Wildman–Crippen LogP) is 1.15. The summed E-state index contributed by atoms with van der Waals surface area (Å²) in [4.78, 5) is 8.95. The third-order valence-corrected chi connectivity index (χ3v) is 7.32. The molecule has 0 spiro atoms. The molecular formula is C21H29N7O5S2. The Bertz CT molecular complexity index is 1380. The molecule has 1 saturated carbocycles. The number of nitrogens with two attached hydrogens (primary N) is 1. The van der Waals surface area contributed by atoms with Crippen LogP contribution < -0.4 is 19.9 Å². The lowest BCUT2D eigenvalue weighted by atomic mass is 9.92. The van der Waals surface area contributed by atoms with Crippen LogP contribution >= 0.6 is 0 Å². The Morgan fingerprint density at radius 2 is 1.86 bits per heavy atom. The van der Waals surface area contributed by atoms with Crippen molar-refractivity contribution in [3.8, 4) is 11.6 Å². The van der Waals surface area contributed by atoms with Gasteiger partial charge in [0.25, 0.3) is 0 Å². The van der Waals surface area contributed by atoms with Crippen LogP contribution in [0.2, 0.25) is 0 Å². The van der Waals surface area contributed by atoms with E-state index in [1.54, 1.807) is 29.2 Å². The first-order valence-electron chi connectivity index (χ1n) is 11.2. The Morgan fingerprint density at radius 3 is 2.57 bits per heavy atom. The SMILES string of the molecule is CS(=O)(=O)N[C@H]1CC[C@H](Nc2nccc(-n3ncc4c(OCCCS(N)(=O)=O)cccc43)n2)CC1. The second kappa shape index (κ2) is 10.4. The number of benzene rings is 1. The second-order valence-electron chi connectivity index (χ2n) is 8.64. The minimum absolute atomic E-state index is 0.0399. The first kappa shape index (κ1) is 25.3. The molecular weight excluding hydrogens is 494 g/mol. The monoisotopic (exact) mass is 523 g/mol. The van der Waals surface area contributed by atoms with Gasteiger partial charge in [-0.05, 0) is 44.2 Å². The summed E-state index contributed by atoms with van der Waals surface area (Å²) in [5.74, 6) is 1.50. The van der Waals surface area contributed by atoms with E-state index in [9.17, 15) is 16.8 Å². The number of hydrogen-bond donors (Lipinski definition) is 3. The molecule has 1 fully saturated rings. The highest BCUT2D eigenvalue weighted by molar-refractivity contribution is 7.89. The Morgan fingerprint density at radius 1 is 1.11 bits per heavy atom. The fourth-order valence-corrected chi connectivity index (χ4v) is 5.51. The van der Waals surface area contributed by atoms with E-state index in [1.165, 1.54) is 6.26 Å². The van der Waals surface area contributed by atoms with Crippen molar-refractivity contribution in [3.63, 3.8) is 0 Å². The van der Waals surface area contributed by atoms with Crippen molar-refractivity contribution in [2.24, 2.45) is 5.14 Å². The van der Waals surface area contributed by atoms with Crippen LogP contribution in [0, 0.1) is 0 Å². The lowest BCUT2D eigenvalue weighted by Gasteiger charge is -2.29. The lowest BCUT2D eigenvalue weighted by Crippen LogP contribution is -2.39. The van der Waals surface area contributed by atoms with Crippen molar-refractivity contribution in [1.82, 2.24) is 24.5 Å². The van der Waals surface area contributed by atoms with Gasteiger partial charge in [-0.2, -0.15) is 10.1 Å². The molecule has 14 heteroatoms. The van der Waals surface area contributed by atoms with Crippen molar-refractivity contribution >= 4 is 36.9 Å². The summed E-state index contributed by atoms with van der Waals surface area (Å²) < 4.78 is 55.2. The highest BCUT2D eigenvalue weighted by Gasteiger charge is 2.24. The molecule has 12 nitrogen and oxygen atoms in total. The summed E-state index contributed by atoms with van der Waals surface area (Å²) in [5.41, 5.74) is 0.783. The van der Waals surface area contributed by atoms with Crippen molar-refractivity contribution in [2.75, 3.05) is 23.9 Å². The minimum Gasteiger partial charge on any atom is -0.493 e. The zero-order valence-corrected chi connectivity index (χ0v) is 20.9. The molecule has 0 bridgehead atoms. The third-order valence-electron chi connectivity index (χ3n) is 5.70. The first-order chi connectivity index (χ1) is 16.6. The van der Waals surface area contributed by atoms with E-state index in [4.69, 9.17) is 9.88 Å². The number of fused-ring (bicyclic) bond motifs is 1. The van der Waals surface area contributed by atoms with Gasteiger partial charge in [-0.3, -0.25) is 0 Å². The number of anilines is 1. The van der Waals surface area contributed by atoms with Crippen LogP contribution in [-0.4, -0.2) is 67.3 Å². The number of hydrogen-bond acceptors (Lipinski definition) is 9. The predicted molar refractivity (Wildman–Crippen MR) is 132 cm³/mol. The quantitative estimate of drug-likeness (QED) is 0.330. The summed E-state index contributed by atoms with van der Waals surface area (Å²) in [5, 5.41) is 13.6. The zero-order chi connectivity index (χ0) is 25.1. The zero-order valence-electron chi connectivity index (χ0n) is 19.3. The molecule has 190 valence electrons. The van der Waals surface area contributed by atoms with Crippen LogP contribution in [0.1, 0.15) is 32.1 Å². The van der Waals surface area contributed by atoms with Gasteiger partial charge in [-0.15, -0.1) is 0 Å². The van der Waals surface area contributed by atoms with E-state index in [2.05, 4.69) is 25.1 Å². The number of sulfonamides is 2. The van der Waals surface area contributed by atoms with Gasteiger partial charge in [0.1, 0.15) is 5.75 Å². The molecule has 1 aliphatic carbocycles. The molecule has 0 atom stereocenters. The van der Waals surface area contributed by atoms with Crippen molar-refractivity contribution in [1.29, 1.82) is 0 Å². The molecule has 1 aliphatic rings. The van der Waals surface area contributed by atoms with E-state index in [0.717, 1.165) is 36.6 Å². The van der Waals surface area contributed by atoms with Gasteiger partial charge in [0.15, 0.2) is 5.82 Å². The molecule has 35 heavy (non-hydrogen) atoms. The molecule has 3 aromatic rings. The van der Waals surface area contributed by atoms with Crippen molar-refractivity contribution < 1.29 is 21.6 Å². The topological polar surface area (TPSA) is 171 Å². The molecule has 4 N–H and O–H groups in total. The van der Waals surface area contributed by atoms with Gasteiger partial charge in [0.05, 0.1) is 35.7 Å². The molecule has 0 aliphatic heterocycles. The van der Waals surface area contributed by atoms with Crippen LogP contribution in [0.15, 0.2) is 36.7 Å². The molecule has 4 rings (SSSR count). The number of rotatable bonds is 10. The van der Waals surface area contributed by atoms with Gasteiger partial charge in [0, 0.05) is 24.3 Å². The van der Waals surface area contributed by atoms with E-state index in [0.29, 0.717) is 17.5 Å². The maximum absolute atomic E-state index is 11.4. The molecule has 0 saturated heterocycles. The summed E-state index contributed by atoms with van der Waals surface area (Å²) in [6.07, 6.45) is 7.89. The van der Waals surface area contributed by atoms with Crippen LogP contribution in [-0.2, 0) is 20.0 Å². The lowest BCUT2D eigenvalue weighted by molar-refractivity contribution is 0.321. The number of aromatic nitrogens is 4. The maximum Gasteiger partial charge on any atom is 0.224 e. The largest absolute Gasteiger partial charge is 0.493 e. The van der Waals surface area contributed by atoms with E-state index in [-0.39, 0.29) is 30.9 Å². The first-order valence-corrected chi connectivity index (χ1v) is 14.9. The van der Waals surface area contributed by atoms with Crippen LogP contribution in [0.3, 0.4) is 0 Å². The average molecular weight is 524 g/mol. The van der Waals surface area contributed by atoms with Gasteiger partial charge in [-0.25, -0.2) is 36.4 Å². The summed E-state index contributed by atoms with van der Waals surface area (Å²) in [6, 6.07) is 7.39. The Kier molecular flexibility index (Phi) is 7.54. The van der Waals surface area contributed by atoms with Crippen molar-refractivity contribution in [3.05, 3.63) is 36.7 Å². The van der Waals surface area contributed by atoms with E-state index in [1.807, 2.05) is 12.1 Å². The standard InChI is InChI=1S/C21H29N7O5S2/c1-34(29,30)27-16-8-6-15(7-9-16)25-21-23-11-10-20(26-21)28-18-4-2-5-19(17(18)14-24-28)33-12-3-13-35(22,31)32/h2,4-5,10-11,14-16,27H,3,6-9,12-13H2,1H3,(H2,22,31,32)(H,23,25,26)/t15-,16-. The molecule has 0 unspecified atom stereocenters. The Hall–Kier alpha value is -2.81. The summed E-state index contributed by atoms with van der Waals surface area (Å²) in [7, 11) is -6.73. The average Bonchev–Trinajstić information content (AvgIpc) is 3.22. The Balaban J connectivity index is 1.43. The van der Waals surface area contributed by atoms with Crippen LogP contribution in [0.5, 0.6) is 5.75 Å². The number of nitrogens with zero attached hydrogens (tertiary/aromatic N) is 4. The minimum atomic E-state index is -3.52. The smallest absolute Gasteiger partial charge is 0.224 e. The number of ether oxygens (including phenoxy) is 1. The van der Waals surface area contributed by atoms with Gasteiger partial charge in [0.2, 0.25) is 26.0 Å². The number of primary sulfonamides is 1. The highest BCUT2D eigenvalue weighted by atomic mass is 32.2. The fraction of sp³-hybridized carbons (Fsp3) is 0.476. The van der Waals surface area contributed by atoms with E-state index < -0.39 is 20.0 Å². The highest BCUT2D eigenvalue weighted by Crippen LogP contribution is 2.27. The van der Waals surface area contributed by atoms with Crippen molar-refractivity contribution in [2.45, 2.75) is 44.2 Å². The van der Waals surface area contributed by atoms with Crippen LogP contribution in [0.25, 0.3) is 16.7 Å². The van der Waals surface area contributed by atoms with Gasteiger partial charge >= 0.3 is 0 Å². The molecule has 0 amide bonds. The molecule has 1 aromatic carbocycles. The maximum atomic E-state index is 11.4. The number of nitrogens with one attached hydrogen (secondary N) is 2. The summed E-state index contributed by atoms with van der Waals surface area (Å²) in [6.45, 7) is 0.213. The van der Waals surface area contributed by atoms with Crippen LogP contribution in [0.4, 0.5) is 5.95 Å². The van der Waals surface area contributed by atoms with Gasteiger partial charge < -0.3 is 10.1 Å². The van der Waals surface area contributed by atoms with Gasteiger partial charge in [-0.1, -0.05) is 6.07 Å². The molecule has 2 aromatic heterocycles. The fourth-order valence-electron chi connectivity index (χ4n) is 4.15. The molecule has 0 radical (unpaired) electrons. The summed E-state index contributed by atoms with van der Waals surface area (Å²) >= 11 is 0. The Labute approximate surface area is 204 Å². The normalized spacial score (nSPS) is 19.0. The molecule has 2 heterocycles. The second-order valence-corrected chi connectivity index (χ2v) is 12.1. The third kappa shape index (κ3) is 7.10.